The van der Waals surface area contributed by atoms with E-state index in [0.29, 0.717) is 31.0 Å². The van der Waals surface area contributed by atoms with Crippen molar-refractivity contribution in [2.45, 2.75) is 26.7 Å². The fourth-order valence-corrected chi connectivity index (χ4v) is 2.28. The van der Waals surface area contributed by atoms with Crippen LogP contribution in [0.1, 0.15) is 37.0 Å². The van der Waals surface area contributed by atoms with Crippen LogP contribution in [0.15, 0.2) is 24.3 Å². The standard InChI is InChI=1S/C17H22N2O4/c1-12(2)10-18-15(20)11-23-17(22)13-5-7-14(8-6-13)19-9-3-4-16(19)21/h5-8,12H,3-4,9-11H2,1-2H3,(H,18,20). The Balaban J connectivity index is 1.85. The summed E-state index contributed by atoms with van der Waals surface area (Å²) in [4.78, 5) is 36.8. The van der Waals surface area contributed by atoms with E-state index in [-0.39, 0.29) is 18.4 Å². The number of carbonyl (C=O) groups is 3. The minimum absolute atomic E-state index is 0.0992. The Labute approximate surface area is 135 Å². The lowest BCUT2D eigenvalue weighted by Crippen LogP contribution is -2.31. The van der Waals surface area contributed by atoms with Crippen molar-refractivity contribution >= 4 is 23.5 Å². The average molecular weight is 318 g/mol. The first-order chi connectivity index (χ1) is 11.0. The van der Waals surface area contributed by atoms with Gasteiger partial charge in [0.2, 0.25) is 5.91 Å². The molecule has 0 aromatic heterocycles. The Hall–Kier alpha value is -2.37. The molecule has 1 aromatic rings. The molecule has 1 aliphatic rings. The zero-order chi connectivity index (χ0) is 16.8. The third-order valence-electron chi connectivity index (χ3n) is 3.53. The molecule has 0 saturated carbocycles. The summed E-state index contributed by atoms with van der Waals surface area (Å²) >= 11 is 0. The molecule has 2 rings (SSSR count). The van der Waals surface area contributed by atoms with Crippen molar-refractivity contribution in [1.82, 2.24) is 5.32 Å². The molecule has 1 fully saturated rings. The van der Waals surface area contributed by atoms with Crippen molar-refractivity contribution in [3.8, 4) is 0 Å². The van der Waals surface area contributed by atoms with Gasteiger partial charge in [0.05, 0.1) is 5.56 Å². The molecule has 124 valence electrons. The topological polar surface area (TPSA) is 75.7 Å². The summed E-state index contributed by atoms with van der Waals surface area (Å²) in [5, 5.41) is 2.68. The molecule has 23 heavy (non-hydrogen) atoms. The van der Waals surface area contributed by atoms with Crippen molar-refractivity contribution < 1.29 is 19.1 Å². The Morgan fingerprint density at radius 2 is 1.96 bits per heavy atom. The van der Waals surface area contributed by atoms with Gasteiger partial charge in [0.1, 0.15) is 0 Å². The monoisotopic (exact) mass is 318 g/mol. The van der Waals surface area contributed by atoms with E-state index in [9.17, 15) is 14.4 Å². The van der Waals surface area contributed by atoms with Crippen LogP contribution >= 0.6 is 0 Å². The summed E-state index contributed by atoms with van der Waals surface area (Å²) < 4.78 is 4.98. The molecule has 6 nitrogen and oxygen atoms in total. The van der Waals surface area contributed by atoms with Crippen molar-refractivity contribution in [2.24, 2.45) is 5.92 Å². The summed E-state index contributed by atoms with van der Waals surface area (Å²) in [6.45, 7) is 4.93. The summed E-state index contributed by atoms with van der Waals surface area (Å²) in [5.41, 5.74) is 1.13. The summed E-state index contributed by atoms with van der Waals surface area (Å²) in [6, 6.07) is 6.65. The zero-order valence-electron chi connectivity index (χ0n) is 13.5. The normalized spacial score (nSPS) is 14.2. The number of nitrogens with one attached hydrogen (secondary N) is 1. The number of ether oxygens (including phenoxy) is 1. The highest BCUT2D eigenvalue weighted by Gasteiger charge is 2.21. The summed E-state index contributed by atoms with van der Waals surface area (Å²) in [7, 11) is 0. The number of hydrogen-bond donors (Lipinski definition) is 1. The minimum atomic E-state index is -0.552. The average Bonchev–Trinajstić information content (AvgIpc) is 2.96. The predicted molar refractivity (Wildman–Crippen MR) is 86.2 cm³/mol. The van der Waals surface area contributed by atoms with E-state index < -0.39 is 5.97 Å². The number of anilines is 1. The van der Waals surface area contributed by atoms with E-state index >= 15 is 0 Å². The van der Waals surface area contributed by atoms with Crippen LogP contribution < -0.4 is 10.2 Å². The minimum Gasteiger partial charge on any atom is -0.452 e. The van der Waals surface area contributed by atoms with Crippen molar-refractivity contribution in [3.63, 3.8) is 0 Å². The van der Waals surface area contributed by atoms with Gasteiger partial charge in [-0.3, -0.25) is 9.59 Å². The highest BCUT2D eigenvalue weighted by Crippen LogP contribution is 2.21. The SMILES string of the molecule is CC(C)CNC(=O)COC(=O)c1ccc(N2CCCC2=O)cc1. The van der Waals surface area contributed by atoms with Gasteiger partial charge in [0, 0.05) is 25.2 Å². The lowest BCUT2D eigenvalue weighted by molar-refractivity contribution is -0.124. The Kier molecular flexibility index (Phi) is 5.73. The van der Waals surface area contributed by atoms with Crippen LogP contribution in [0, 0.1) is 5.92 Å². The van der Waals surface area contributed by atoms with Gasteiger partial charge in [-0.25, -0.2) is 4.79 Å². The molecule has 0 unspecified atom stereocenters. The Bertz CT molecular complexity index is 581. The second-order valence-electron chi connectivity index (χ2n) is 5.97. The molecule has 1 saturated heterocycles. The van der Waals surface area contributed by atoms with Crippen LogP contribution in [-0.4, -0.2) is 37.5 Å². The number of nitrogens with zero attached hydrogens (tertiary/aromatic N) is 1. The van der Waals surface area contributed by atoms with E-state index in [1.807, 2.05) is 13.8 Å². The third-order valence-corrected chi connectivity index (χ3v) is 3.53. The van der Waals surface area contributed by atoms with Crippen LogP contribution in [-0.2, 0) is 14.3 Å². The van der Waals surface area contributed by atoms with E-state index in [1.54, 1.807) is 29.2 Å². The largest absolute Gasteiger partial charge is 0.452 e. The van der Waals surface area contributed by atoms with Crippen LogP contribution in [0.2, 0.25) is 0 Å². The van der Waals surface area contributed by atoms with E-state index in [4.69, 9.17) is 4.74 Å². The lowest BCUT2D eigenvalue weighted by Gasteiger charge is -2.15. The Morgan fingerprint density at radius 1 is 1.26 bits per heavy atom. The number of rotatable bonds is 6. The fourth-order valence-electron chi connectivity index (χ4n) is 2.28. The third kappa shape index (κ3) is 4.81. The number of esters is 1. The highest BCUT2D eigenvalue weighted by atomic mass is 16.5. The van der Waals surface area contributed by atoms with E-state index in [0.717, 1.165) is 12.1 Å². The number of carbonyl (C=O) groups excluding carboxylic acids is 3. The first-order valence-electron chi connectivity index (χ1n) is 7.81. The Morgan fingerprint density at radius 3 is 2.52 bits per heavy atom. The van der Waals surface area contributed by atoms with Gasteiger partial charge < -0.3 is 15.0 Å². The molecule has 0 spiro atoms. The van der Waals surface area contributed by atoms with Crippen LogP contribution in [0.25, 0.3) is 0 Å². The van der Waals surface area contributed by atoms with Gasteiger partial charge in [-0.15, -0.1) is 0 Å². The zero-order valence-corrected chi connectivity index (χ0v) is 13.5. The molecule has 1 aromatic carbocycles. The second kappa shape index (κ2) is 7.76. The van der Waals surface area contributed by atoms with Crippen molar-refractivity contribution in [3.05, 3.63) is 29.8 Å². The molecule has 1 N–H and O–H groups in total. The number of hydrogen-bond acceptors (Lipinski definition) is 4. The quantitative estimate of drug-likeness (QED) is 0.811. The fraction of sp³-hybridized carbons (Fsp3) is 0.471. The van der Waals surface area contributed by atoms with Crippen molar-refractivity contribution in [2.75, 3.05) is 24.6 Å². The highest BCUT2D eigenvalue weighted by molar-refractivity contribution is 5.96. The molecule has 1 heterocycles. The van der Waals surface area contributed by atoms with Gasteiger partial charge in [-0.05, 0) is 36.6 Å². The van der Waals surface area contributed by atoms with E-state index in [2.05, 4.69) is 5.32 Å². The first-order valence-corrected chi connectivity index (χ1v) is 7.81. The molecule has 0 radical (unpaired) electrons. The van der Waals surface area contributed by atoms with Gasteiger partial charge in [0.15, 0.2) is 6.61 Å². The van der Waals surface area contributed by atoms with Gasteiger partial charge in [0.25, 0.3) is 5.91 Å². The molecule has 0 aliphatic carbocycles. The van der Waals surface area contributed by atoms with Crippen molar-refractivity contribution in [1.29, 1.82) is 0 Å². The molecular formula is C17H22N2O4. The summed E-state index contributed by atoms with van der Waals surface area (Å²) in [6.07, 6.45) is 1.42. The van der Waals surface area contributed by atoms with Gasteiger partial charge in [-0.2, -0.15) is 0 Å². The maximum Gasteiger partial charge on any atom is 0.338 e. The van der Waals surface area contributed by atoms with E-state index in [1.165, 1.54) is 0 Å². The predicted octanol–water partition coefficient (Wildman–Crippen LogP) is 1.74. The van der Waals surface area contributed by atoms with Crippen LogP contribution in [0.4, 0.5) is 5.69 Å². The maximum atomic E-state index is 11.9. The van der Waals surface area contributed by atoms with Gasteiger partial charge in [-0.1, -0.05) is 13.8 Å². The number of amides is 2. The molecule has 2 amide bonds. The molecule has 0 atom stereocenters. The molecule has 6 heteroatoms. The second-order valence-corrected chi connectivity index (χ2v) is 5.97. The molecular weight excluding hydrogens is 296 g/mol. The molecule has 1 aliphatic heterocycles. The lowest BCUT2D eigenvalue weighted by atomic mass is 10.2. The smallest absolute Gasteiger partial charge is 0.338 e. The van der Waals surface area contributed by atoms with Gasteiger partial charge >= 0.3 is 5.97 Å². The maximum absolute atomic E-state index is 11.9. The number of benzene rings is 1. The first kappa shape index (κ1) is 17.0. The molecule has 0 bridgehead atoms. The summed E-state index contributed by atoms with van der Waals surface area (Å²) in [5.74, 6) is -0.423. The van der Waals surface area contributed by atoms with Crippen LogP contribution in [0.5, 0.6) is 0 Å². The van der Waals surface area contributed by atoms with Crippen LogP contribution in [0.3, 0.4) is 0 Å².